The molecule has 0 aliphatic rings. The number of hydrogen-bond donors (Lipinski definition) is 1. The number of hydrogen-bond acceptors (Lipinski definition) is 3. The van der Waals surface area contributed by atoms with Gasteiger partial charge in [-0.2, -0.15) is 0 Å². The van der Waals surface area contributed by atoms with E-state index in [0.29, 0.717) is 16.8 Å². The van der Waals surface area contributed by atoms with Crippen LogP contribution in [0.5, 0.6) is 0 Å². The Morgan fingerprint density at radius 2 is 1.65 bits per heavy atom. The second-order valence-electron chi connectivity index (χ2n) is 3.19. The Hall–Kier alpha value is -1.58. The number of anilines is 1. The van der Waals surface area contributed by atoms with Gasteiger partial charge >= 0.3 is 0 Å². The summed E-state index contributed by atoms with van der Waals surface area (Å²) in [6.07, 6.45) is 3.19. The van der Waals surface area contributed by atoms with Crippen LogP contribution in [0.15, 0.2) is 48.8 Å². The predicted molar refractivity (Wildman–Crippen MR) is 73.0 cm³/mol. The maximum atomic E-state index is 11.9. The molecular formula is C12H12Cl2N2O. The highest BCUT2D eigenvalue weighted by molar-refractivity contribution is 6.09. The molecule has 0 fully saturated rings. The van der Waals surface area contributed by atoms with E-state index in [4.69, 9.17) is 5.73 Å². The van der Waals surface area contributed by atoms with Crippen LogP contribution in [0.25, 0.3) is 0 Å². The Morgan fingerprint density at radius 3 is 2.24 bits per heavy atom. The monoisotopic (exact) mass is 270 g/mol. The summed E-state index contributed by atoms with van der Waals surface area (Å²) in [5.41, 5.74) is 7.42. The fourth-order valence-corrected chi connectivity index (χ4v) is 1.35. The van der Waals surface area contributed by atoms with Gasteiger partial charge in [-0.3, -0.25) is 9.78 Å². The molecule has 0 spiro atoms. The lowest BCUT2D eigenvalue weighted by atomic mass is 10.0. The molecule has 3 nitrogen and oxygen atoms in total. The van der Waals surface area contributed by atoms with Crippen LogP contribution >= 0.6 is 24.8 Å². The van der Waals surface area contributed by atoms with Crippen molar-refractivity contribution in [3.63, 3.8) is 0 Å². The number of benzene rings is 1. The van der Waals surface area contributed by atoms with Crippen molar-refractivity contribution in [2.24, 2.45) is 0 Å². The first-order valence-electron chi connectivity index (χ1n) is 4.57. The van der Waals surface area contributed by atoms with E-state index in [1.165, 1.54) is 0 Å². The second-order valence-corrected chi connectivity index (χ2v) is 3.19. The first-order valence-corrected chi connectivity index (χ1v) is 4.57. The van der Waals surface area contributed by atoms with Gasteiger partial charge in [0.05, 0.1) is 0 Å². The summed E-state index contributed by atoms with van der Waals surface area (Å²) >= 11 is 0. The van der Waals surface area contributed by atoms with Gasteiger partial charge < -0.3 is 5.73 Å². The van der Waals surface area contributed by atoms with Crippen molar-refractivity contribution < 1.29 is 4.79 Å². The van der Waals surface area contributed by atoms with Gasteiger partial charge in [0.25, 0.3) is 0 Å². The molecule has 0 bridgehead atoms. The van der Waals surface area contributed by atoms with Gasteiger partial charge in [0.2, 0.25) is 0 Å². The van der Waals surface area contributed by atoms with Crippen molar-refractivity contribution in [2.45, 2.75) is 0 Å². The average molecular weight is 271 g/mol. The molecule has 1 aromatic heterocycles. The summed E-state index contributed by atoms with van der Waals surface area (Å²) < 4.78 is 0. The van der Waals surface area contributed by atoms with E-state index >= 15 is 0 Å². The van der Waals surface area contributed by atoms with E-state index in [9.17, 15) is 4.79 Å². The minimum absolute atomic E-state index is 0. The minimum Gasteiger partial charge on any atom is -0.399 e. The van der Waals surface area contributed by atoms with Crippen molar-refractivity contribution in [3.05, 3.63) is 59.9 Å². The Labute approximate surface area is 112 Å². The van der Waals surface area contributed by atoms with Crippen LogP contribution in [-0.2, 0) is 0 Å². The molecule has 0 unspecified atom stereocenters. The highest BCUT2D eigenvalue weighted by atomic mass is 35.5. The fourth-order valence-electron chi connectivity index (χ4n) is 1.35. The number of ketones is 1. The molecule has 0 aliphatic heterocycles. The van der Waals surface area contributed by atoms with Crippen LogP contribution in [0.4, 0.5) is 5.69 Å². The van der Waals surface area contributed by atoms with E-state index in [1.807, 2.05) is 0 Å². The second kappa shape index (κ2) is 6.89. The van der Waals surface area contributed by atoms with Gasteiger partial charge in [-0.05, 0) is 24.3 Å². The van der Waals surface area contributed by atoms with Gasteiger partial charge in [0.15, 0.2) is 5.78 Å². The highest BCUT2D eigenvalue weighted by Crippen LogP contribution is 2.11. The molecule has 17 heavy (non-hydrogen) atoms. The van der Waals surface area contributed by atoms with Crippen molar-refractivity contribution in [3.8, 4) is 0 Å². The van der Waals surface area contributed by atoms with E-state index in [2.05, 4.69) is 4.98 Å². The molecule has 5 heteroatoms. The topological polar surface area (TPSA) is 56.0 Å². The first kappa shape index (κ1) is 15.4. The molecule has 1 heterocycles. The molecule has 0 saturated heterocycles. The normalized spacial score (nSPS) is 8.71. The molecule has 2 rings (SSSR count). The summed E-state index contributed by atoms with van der Waals surface area (Å²) in [7, 11) is 0. The van der Waals surface area contributed by atoms with Crippen molar-refractivity contribution in [1.82, 2.24) is 4.98 Å². The number of nitrogens with two attached hydrogens (primary N) is 1. The van der Waals surface area contributed by atoms with Crippen molar-refractivity contribution in [1.29, 1.82) is 0 Å². The summed E-state index contributed by atoms with van der Waals surface area (Å²) in [6.45, 7) is 0. The van der Waals surface area contributed by atoms with Crippen LogP contribution in [0.1, 0.15) is 15.9 Å². The Bertz CT molecular complexity index is 489. The highest BCUT2D eigenvalue weighted by Gasteiger charge is 2.07. The molecule has 2 N–H and O–H groups in total. The summed E-state index contributed by atoms with van der Waals surface area (Å²) in [4.78, 5) is 15.8. The molecular weight excluding hydrogens is 259 g/mol. The Balaban J connectivity index is 0.00000128. The van der Waals surface area contributed by atoms with Gasteiger partial charge in [0, 0.05) is 29.2 Å². The average Bonchev–Trinajstić information content (AvgIpc) is 2.29. The zero-order valence-electron chi connectivity index (χ0n) is 8.87. The molecule has 0 amide bonds. The fraction of sp³-hybridized carbons (Fsp3) is 0. The largest absolute Gasteiger partial charge is 0.399 e. The third-order valence-corrected chi connectivity index (χ3v) is 2.09. The first-order chi connectivity index (χ1) is 7.27. The number of carbonyl (C=O) groups is 1. The standard InChI is InChI=1S/C12H10N2O.2ClH/c13-11-3-1-2-10(8-11)12(15)9-4-6-14-7-5-9;;/h1-8H,13H2;2*1H. The van der Waals surface area contributed by atoms with E-state index in [0.717, 1.165) is 0 Å². The molecule has 2 aromatic rings. The lowest BCUT2D eigenvalue weighted by Crippen LogP contribution is -2.01. The Morgan fingerprint density at radius 1 is 1.00 bits per heavy atom. The third-order valence-electron chi connectivity index (χ3n) is 2.09. The van der Waals surface area contributed by atoms with Crippen molar-refractivity contribution in [2.75, 3.05) is 5.73 Å². The zero-order chi connectivity index (χ0) is 10.7. The summed E-state index contributed by atoms with van der Waals surface area (Å²) in [5.74, 6) is -0.0373. The predicted octanol–water partition coefficient (Wildman–Crippen LogP) is 2.74. The van der Waals surface area contributed by atoms with Crippen LogP contribution < -0.4 is 5.73 Å². The number of carbonyl (C=O) groups excluding carboxylic acids is 1. The van der Waals surface area contributed by atoms with Crippen molar-refractivity contribution >= 4 is 36.3 Å². The van der Waals surface area contributed by atoms with Gasteiger partial charge in [-0.1, -0.05) is 12.1 Å². The van der Waals surface area contributed by atoms with Crippen LogP contribution in [-0.4, -0.2) is 10.8 Å². The molecule has 0 aliphatic carbocycles. The third kappa shape index (κ3) is 3.73. The van der Waals surface area contributed by atoms with Gasteiger partial charge in [0.1, 0.15) is 0 Å². The summed E-state index contributed by atoms with van der Waals surface area (Å²) in [6, 6.07) is 10.3. The number of pyridine rings is 1. The van der Waals surface area contributed by atoms with E-state index < -0.39 is 0 Å². The zero-order valence-corrected chi connectivity index (χ0v) is 10.5. The quantitative estimate of drug-likeness (QED) is 0.675. The number of nitrogen functional groups attached to an aromatic ring is 1. The number of rotatable bonds is 2. The minimum atomic E-state index is -0.0373. The lowest BCUT2D eigenvalue weighted by Gasteiger charge is -2.01. The maximum Gasteiger partial charge on any atom is 0.193 e. The van der Waals surface area contributed by atoms with Gasteiger partial charge in [-0.25, -0.2) is 0 Å². The number of nitrogens with zero attached hydrogens (tertiary/aromatic N) is 1. The lowest BCUT2D eigenvalue weighted by molar-refractivity contribution is 0.103. The summed E-state index contributed by atoms with van der Waals surface area (Å²) in [5, 5.41) is 0. The molecule has 0 saturated carbocycles. The molecule has 1 aromatic carbocycles. The van der Waals surface area contributed by atoms with Crippen LogP contribution in [0.2, 0.25) is 0 Å². The Kier molecular flexibility index (Phi) is 6.25. The van der Waals surface area contributed by atoms with Crippen LogP contribution in [0, 0.1) is 0 Å². The number of halogens is 2. The SMILES string of the molecule is Cl.Cl.Nc1cccc(C(=O)c2ccncc2)c1. The molecule has 0 radical (unpaired) electrons. The van der Waals surface area contributed by atoms with E-state index in [-0.39, 0.29) is 30.6 Å². The number of aromatic nitrogens is 1. The smallest absolute Gasteiger partial charge is 0.193 e. The van der Waals surface area contributed by atoms with E-state index in [1.54, 1.807) is 48.8 Å². The van der Waals surface area contributed by atoms with Crippen LogP contribution in [0.3, 0.4) is 0 Å². The maximum absolute atomic E-state index is 11.9. The van der Waals surface area contributed by atoms with Gasteiger partial charge in [-0.15, -0.1) is 24.8 Å². The molecule has 90 valence electrons. The molecule has 0 atom stereocenters.